The number of benzene rings is 2. The number of para-hydroxylation sites is 1. The molecule has 0 aromatic heterocycles. The maximum atomic E-state index is 13.4. The number of sulfonamides is 1. The van der Waals surface area contributed by atoms with Crippen molar-refractivity contribution < 1.29 is 17.6 Å². The van der Waals surface area contributed by atoms with Gasteiger partial charge in [-0.05, 0) is 55.7 Å². The highest BCUT2D eigenvalue weighted by Crippen LogP contribution is 2.23. The number of rotatable bonds is 5. The normalized spacial score (nSPS) is 15.3. The lowest BCUT2D eigenvalue weighted by atomic mass is 9.95. The van der Waals surface area contributed by atoms with Crippen LogP contribution in [0.25, 0.3) is 0 Å². The van der Waals surface area contributed by atoms with E-state index in [1.807, 2.05) is 0 Å². The average molecular weight is 390 g/mol. The van der Waals surface area contributed by atoms with E-state index in [-0.39, 0.29) is 33.7 Å². The van der Waals surface area contributed by atoms with E-state index in [1.165, 1.54) is 25.5 Å². The SMILES string of the molecule is Cc1cc(S(=O)(=O)Nc2ccccc2C(=O)NC2CCCCC2)ccc1F. The zero-order chi connectivity index (χ0) is 19.4. The van der Waals surface area contributed by atoms with Crippen molar-refractivity contribution in [2.24, 2.45) is 0 Å². The van der Waals surface area contributed by atoms with Crippen LogP contribution in [-0.4, -0.2) is 20.4 Å². The van der Waals surface area contributed by atoms with Gasteiger partial charge in [-0.25, -0.2) is 12.8 Å². The van der Waals surface area contributed by atoms with Crippen molar-refractivity contribution in [2.45, 2.75) is 50.0 Å². The molecule has 0 radical (unpaired) electrons. The van der Waals surface area contributed by atoms with Gasteiger partial charge in [-0.15, -0.1) is 0 Å². The van der Waals surface area contributed by atoms with Crippen LogP contribution in [-0.2, 0) is 10.0 Å². The average Bonchev–Trinajstić information content (AvgIpc) is 2.65. The van der Waals surface area contributed by atoms with E-state index in [2.05, 4.69) is 10.0 Å². The van der Waals surface area contributed by atoms with Crippen LogP contribution < -0.4 is 10.0 Å². The van der Waals surface area contributed by atoms with Crippen LogP contribution in [0.1, 0.15) is 48.0 Å². The number of nitrogens with one attached hydrogen (secondary N) is 2. The lowest BCUT2D eigenvalue weighted by Gasteiger charge is -2.23. The Labute approximate surface area is 159 Å². The molecule has 2 aromatic rings. The Morgan fingerprint density at radius 3 is 2.48 bits per heavy atom. The van der Waals surface area contributed by atoms with Crippen LogP contribution in [0.4, 0.5) is 10.1 Å². The Morgan fingerprint density at radius 2 is 1.78 bits per heavy atom. The topological polar surface area (TPSA) is 75.3 Å². The van der Waals surface area contributed by atoms with E-state index < -0.39 is 15.8 Å². The van der Waals surface area contributed by atoms with Crippen molar-refractivity contribution in [2.75, 3.05) is 4.72 Å². The summed E-state index contributed by atoms with van der Waals surface area (Å²) in [6.07, 6.45) is 5.23. The first-order valence-electron chi connectivity index (χ1n) is 9.06. The maximum absolute atomic E-state index is 13.4. The zero-order valence-electron chi connectivity index (χ0n) is 15.2. The van der Waals surface area contributed by atoms with E-state index in [4.69, 9.17) is 0 Å². The number of halogens is 1. The molecular formula is C20H23FN2O3S. The minimum Gasteiger partial charge on any atom is -0.349 e. The number of aryl methyl sites for hydroxylation is 1. The summed E-state index contributed by atoms with van der Waals surface area (Å²) in [5.41, 5.74) is 0.708. The summed E-state index contributed by atoms with van der Waals surface area (Å²) in [6.45, 7) is 1.50. The molecule has 0 heterocycles. The molecule has 3 rings (SSSR count). The number of amides is 1. The fourth-order valence-corrected chi connectivity index (χ4v) is 4.43. The van der Waals surface area contributed by atoms with E-state index >= 15 is 0 Å². The van der Waals surface area contributed by atoms with Crippen LogP contribution in [0.2, 0.25) is 0 Å². The van der Waals surface area contributed by atoms with Gasteiger partial charge in [-0.1, -0.05) is 31.4 Å². The van der Waals surface area contributed by atoms with Gasteiger partial charge in [-0.2, -0.15) is 0 Å². The quantitative estimate of drug-likeness (QED) is 0.810. The minimum absolute atomic E-state index is 0.0520. The van der Waals surface area contributed by atoms with Crippen LogP contribution in [0.3, 0.4) is 0 Å². The Balaban J connectivity index is 1.82. The summed E-state index contributed by atoms with van der Waals surface area (Å²) >= 11 is 0. The number of hydrogen-bond donors (Lipinski definition) is 2. The summed E-state index contributed by atoms with van der Waals surface area (Å²) in [5, 5.41) is 2.99. The monoisotopic (exact) mass is 390 g/mol. The standard InChI is InChI=1S/C20H23FN2O3S/c1-14-13-16(11-12-18(14)21)27(25,26)23-19-10-6-5-9-17(19)20(24)22-15-7-3-2-4-8-15/h5-6,9-13,15,23H,2-4,7-8H2,1H3,(H,22,24). The summed E-state index contributed by atoms with van der Waals surface area (Å²) < 4.78 is 41.2. The van der Waals surface area contributed by atoms with Crippen molar-refractivity contribution in [3.63, 3.8) is 0 Å². The van der Waals surface area contributed by atoms with Crippen molar-refractivity contribution in [1.82, 2.24) is 5.32 Å². The smallest absolute Gasteiger partial charge is 0.261 e. The Hall–Kier alpha value is -2.41. The molecule has 144 valence electrons. The van der Waals surface area contributed by atoms with Gasteiger partial charge in [0.15, 0.2) is 0 Å². The van der Waals surface area contributed by atoms with Crippen LogP contribution in [0.5, 0.6) is 0 Å². The molecule has 0 aliphatic heterocycles. The van der Waals surface area contributed by atoms with E-state index in [9.17, 15) is 17.6 Å². The van der Waals surface area contributed by atoms with Crippen molar-refractivity contribution in [3.05, 3.63) is 59.4 Å². The summed E-state index contributed by atoms with van der Waals surface area (Å²) in [5.74, 6) is -0.767. The number of anilines is 1. The van der Waals surface area contributed by atoms with Gasteiger partial charge in [0.05, 0.1) is 16.1 Å². The first-order chi connectivity index (χ1) is 12.9. The highest BCUT2D eigenvalue weighted by Gasteiger charge is 2.21. The lowest BCUT2D eigenvalue weighted by molar-refractivity contribution is 0.0928. The van der Waals surface area contributed by atoms with E-state index in [1.54, 1.807) is 24.3 Å². The number of hydrogen-bond acceptors (Lipinski definition) is 3. The predicted molar refractivity (Wildman–Crippen MR) is 103 cm³/mol. The molecule has 2 N–H and O–H groups in total. The Bertz CT molecular complexity index is 938. The lowest BCUT2D eigenvalue weighted by Crippen LogP contribution is -2.36. The van der Waals surface area contributed by atoms with E-state index in [0.29, 0.717) is 0 Å². The van der Waals surface area contributed by atoms with Gasteiger partial charge in [0.25, 0.3) is 15.9 Å². The zero-order valence-corrected chi connectivity index (χ0v) is 16.0. The van der Waals surface area contributed by atoms with Gasteiger partial charge < -0.3 is 5.32 Å². The second-order valence-corrected chi connectivity index (χ2v) is 8.55. The molecule has 27 heavy (non-hydrogen) atoms. The second kappa shape index (κ2) is 8.08. The van der Waals surface area contributed by atoms with Crippen LogP contribution >= 0.6 is 0 Å². The van der Waals surface area contributed by atoms with Gasteiger partial charge in [0.2, 0.25) is 0 Å². The molecule has 1 aliphatic carbocycles. The van der Waals surface area contributed by atoms with Gasteiger partial charge in [-0.3, -0.25) is 9.52 Å². The largest absolute Gasteiger partial charge is 0.349 e. The molecule has 2 aromatic carbocycles. The second-order valence-electron chi connectivity index (χ2n) is 6.87. The Kier molecular flexibility index (Phi) is 5.79. The first-order valence-corrected chi connectivity index (χ1v) is 10.5. The molecule has 0 atom stereocenters. The van der Waals surface area contributed by atoms with Crippen molar-refractivity contribution >= 4 is 21.6 Å². The van der Waals surface area contributed by atoms with Crippen molar-refractivity contribution in [1.29, 1.82) is 0 Å². The molecule has 0 bridgehead atoms. The van der Waals surface area contributed by atoms with Crippen LogP contribution in [0, 0.1) is 12.7 Å². The third-order valence-corrected chi connectivity index (χ3v) is 6.16. The molecule has 7 heteroatoms. The molecule has 1 amide bonds. The molecule has 0 unspecified atom stereocenters. The molecular weight excluding hydrogens is 367 g/mol. The van der Waals surface area contributed by atoms with Gasteiger partial charge in [0, 0.05) is 6.04 Å². The summed E-state index contributed by atoms with van der Waals surface area (Å²) in [4.78, 5) is 12.6. The summed E-state index contributed by atoms with van der Waals surface area (Å²) in [7, 11) is -3.94. The fraction of sp³-hybridized carbons (Fsp3) is 0.350. The van der Waals surface area contributed by atoms with E-state index in [0.717, 1.165) is 31.7 Å². The third-order valence-electron chi connectivity index (χ3n) is 4.80. The number of carbonyl (C=O) groups is 1. The highest BCUT2D eigenvalue weighted by atomic mass is 32.2. The molecule has 1 fully saturated rings. The number of carbonyl (C=O) groups excluding carboxylic acids is 1. The highest BCUT2D eigenvalue weighted by molar-refractivity contribution is 7.92. The fourth-order valence-electron chi connectivity index (χ4n) is 3.27. The minimum atomic E-state index is -3.94. The Morgan fingerprint density at radius 1 is 1.07 bits per heavy atom. The predicted octanol–water partition coefficient (Wildman–Crippen LogP) is 4.00. The molecule has 1 aliphatic rings. The maximum Gasteiger partial charge on any atom is 0.261 e. The molecule has 1 saturated carbocycles. The molecule has 0 saturated heterocycles. The summed E-state index contributed by atoms with van der Waals surface area (Å²) in [6, 6.07) is 10.2. The third kappa shape index (κ3) is 4.66. The van der Waals surface area contributed by atoms with Crippen LogP contribution in [0.15, 0.2) is 47.4 Å². The van der Waals surface area contributed by atoms with Gasteiger partial charge >= 0.3 is 0 Å². The molecule has 5 nitrogen and oxygen atoms in total. The van der Waals surface area contributed by atoms with Gasteiger partial charge in [0.1, 0.15) is 5.82 Å². The first kappa shape index (κ1) is 19.4. The molecule has 0 spiro atoms. The van der Waals surface area contributed by atoms with Crippen molar-refractivity contribution in [3.8, 4) is 0 Å².